The zero-order valence-corrected chi connectivity index (χ0v) is 8.21. The van der Waals surface area contributed by atoms with Crippen LogP contribution < -0.4 is 0 Å². The zero-order chi connectivity index (χ0) is 6.24. The fourth-order valence-electron chi connectivity index (χ4n) is 0.854. The minimum Gasteiger partial charge on any atom is -0.0654 e. The molecular weight excluding hydrogens is 199 g/mol. The minimum atomic E-state index is 0. The first-order chi connectivity index (χ1) is 3.91. The first-order valence-corrected chi connectivity index (χ1v) is 3.91. The first kappa shape index (κ1) is 12.3. The van der Waals surface area contributed by atoms with Crippen LogP contribution in [0.5, 0.6) is 0 Å². The average Bonchev–Trinajstić information content (AvgIpc) is 1.81. The zero-order valence-electron chi connectivity index (χ0n) is 6.58. The van der Waals surface area contributed by atoms with Crippen LogP contribution in [0.4, 0.5) is 0 Å². The molecule has 0 heterocycles. The van der Waals surface area contributed by atoms with Gasteiger partial charge in [0.05, 0.1) is 0 Å². The largest absolute Gasteiger partial charge is 2.00 e. The van der Waals surface area contributed by atoms with Crippen LogP contribution in [0.15, 0.2) is 0 Å². The summed E-state index contributed by atoms with van der Waals surface area (Å²) in [6, 6.07) is 0. The Hall–Kier alpha value is 0.623. The Bertz CT molecular complexity index is 29.5. The predicted octanol–water partition coefficient (Wildman–Crippen LogP) is 3.36. The molecule has 0 amide bonds. The molecule has 0 nitrogen and oxygen atoms in total. The van der Waals surface area contributed by atoms with Crippen LogP contribution in [0.2, 0.25) is 0 Å². The van der Waals surface area contributed by atoms with Crippen LogP contribution in [0.25, 0.3) is 0 Å². The van der Waals surface area contributed by atoms with E-state index in [0.717, 1.165) is 0 Å². The Morgan fingerprint density at radius 3 is 1.22 bits per heavy atom. The van der Waals surface area contributed by atoms with Gasteiger partial charge in [0.1, 0.15) is 0 Å². The fraction of sp³-hybridized carbons (Fsp3) is 1.00. The SMILES string of the molecule is CCCCCCCC.[Rh+2]. The van der Waals surface area contributed by atoms with Gasteiger partial charge >= 0.3 is 19.5 Å². The van der Waals surface area contributed by atoms with Crippen molar-refractivity contribution in [3.05, 3.63) is 0 Å². The number of hydrogen-bond acceptors (Lipinski definition) is 0. The van der Waals surface area contributed by atoms with Gasteiger partial charge in [-0.25, -0.2) is 0 Å². The van der Waals surface area contributed by atoms with Gasteiger partial charge in [-0.1, -0.05) is 52.4 Å². The van der Waals surface area contributed by atoms with Crippen molar-refractivity contribution >= 4 is 0 Å². The van der Waals surface area contributed by atoms with E-state index in [9.17, 15) is 0 Å². The molecule has 0 spiro atoms. The van der Waals surface area contributed by atoms with Crippen LogP contribution in [-0.2, 0) is 19.5 Å². The summed E-state index contributed by atoms with van der Waals surface area (Å²) in [6.07, 6.45) is 8.49. The van der Waals surface area contributed by atoms with Crippen LogP contribution in [0.3, 0.4) is 0 Å². The second kappa shape index (κ2) is 11.4. The molecule has 0 aromatic heterocycles. The van der Waals surface area contributed by atoms with Crippen molar-refractivity contribution in [2.45, 2.75) is 52.4 Å². The van der Waals surface area contributed by atoms with Crippen LogP contribution in [0, 0.1) is 0 Å². The van der Waals surface area contributed by atoms with Gasteiger partial charge in [-0.05, 0) is 0 Å². The first-order valence-electron chi connectivity index (χ1n) is 3.91. The van der Waals surface area contributed by atoms with Crippen LogP contribution >= 0.6 is 0 Å². The summed E-state index contributed by atoms with van der Waals surface area (Å²) in [4.78, 5) is 0. The summed E-state index contributed by atoms with van der Waals surface area (Å²) in [5, 5.41) is 0. The Labute approximate surface area is 72.2 Å². The van der Waals surface area contributed by atoms with Crippen molar-refractivity contribution in [2.24, 2.45) is 0 Å². The topological polar surface area (TPSA) is 0 Å². The maximum atomic E-state index is 2.26. The quantitative estimate of drug-likeness (QED) is 0.489. The average molecular weight is 217 g/mol. The molecule has 0 bridgehead atoms. The van der Waals surface area contributed by atoms with Crippen LogP contribution in [0.1, 0.15) is 52.4 Å². The van der Waals surface area contributed by atoms with Gasteiger partial charge in [-0.2, -0.15) is 0 Å². The molecule has 0 fully saturated rings. The summed E-state index contributed by atoms with van der Waals surface area (Å²) in [6.45, 7) is 4.51. The molecule has 0 saturated heterocycles. The van der Waals surface area contributed by atoms with Gasteiger partial charge in [0.2, 0.25) is 0 Å². The molecule has 0 N–H and O–H groups in total. The molecule has 0 rings (SSSR count). The smallest absolute Gasteiger partial charge is 0.0654 e. The summed E-state index contributed by atoms with van der Waals surface area (Å²) in [5.74, 6) is 0. The number of hydrogen-bond donors (Lipinski definition) is 0. The van der Waals surface area contributed by atoms with Crippen LogP contribution in [-0.4, -0.2) is 0 Å². The molecule has 0 aliphatic heterocycles. The van der Waals surface area contributed by atoms with Crippen molar-refractivity contribution in [1.82, 2.24) is 0 Å². The van der Waals surface area contributed by atoms with E-state index < -0.39 is 0 Å². The molecule has 0 aromatic rings. The Kier molecular flexibility index (Phi) is 15.6. The second-order valence-corrected chi connectivity index (χ2v) is 2.41. The van der Waals surface area contributed by atoms with E-state index in [1.165, 1.54) is 38.5 Å². The van der Waals surface area contributed by atoms with Gasteiger partial charge in [0.15, 0.2) is 0 Å². The Morgan fingerprint density at radius 1 is 0.667 bits per heavy atom. The Balaban J connectivity index is 0. The number of rotatable bonds is 5. The van der Waals surface area contributed by atoms with Gasteiger partial charge in [-0.15, -0.1) is 0 Å². The van der Waals surface area contributed by atoms with E-state index in [-0.39, 0.29) is 19.5 Å². The summed E-state index contributed by atoms with van der Waals surface area (Å²) < 4.78 is 0. The minimum absolute atomic E-state index is 0. The molecule has 0 unspecified atom stereocenters. The van der Waals surface area contributed by atoms with Crippen molar-refractivity contribution in [3.63, 3.8) is 0 Å². The normalized spacial score (nSPS) is 8.67. The fourth-order valence-corrected chi connectivity index (χ4v) is 0.854. The second-order valence-electron chi connectivity index (χ2n) is 2.41. The van der Waals surface area contributed by atoms with Gasteiger partial charge < -0.3 is 0 Å². The van der Waals surface area contributed by atoms with Crippen molar-refractivity contribution in [1.29, 1.82) is 0 Å². The van der Waals surface area contributed by atoms with Gasteiger partial charge in [-0.3, -0.25) is 0 Å². The van der Waals surface area contributed by atoms with E-state index >= 15 is 0 Å². The maximum absolute atomic E-state index is 2.26. The molecule has 1 heteroatoms. The van der Waals surface area contributed by atoms with Crippen molar-refractivity contribution in [3.8, 4) is 0 Å². The summed E-state index contributed by atoms with van der Waals surface area (Å²) in [7, 11) is 0. The molecular formula is C8H18Rh+2. The molecule has 0 aliphatic rings. The van der Waals surface area contributed by atoms with E-state index in [2.05, 4.69) is 13.8 Å². The third-order valence-corrected chi connectivity index (χ3v) is 1.46. The molecule has 0 aromatic carbocycles. The maximum Gasteiger partial charge on any atom is 2.00 e. The van der Waals surface area contributed by atoms with Gasteiger partial charge in [0, 0.05) is 0 Å². The van der Waals surface area contributed by atoms with E-state index in [4.69, 9.17) is 0 Å². The summed E-state index contributed by atoms with van der Waals surface area (Å²) in [5.41, 5.74) is 0. The molecule has 9 heavy (non-hydrogen) atoms. The van der Waals surface area contributed by atoms with Crippen molar-refractivity contribution in [2.75, 3.05) is 0 Å². The monoisotopic (exact) mass is 217 g/mol. The molecule has 1 radical (unpaired) electrons. The van der Waals surface area contributed by atoms with E-state index in [0.29, 0.717) is 0 Å². The molecule has 0 aliphatic carbocycles. The van der Waals surface area contributed by atoms with Crippen molar-refractivity contribution < 1.29 is 19.5 Å². The molecule has 0 atom stereocenters. The third kappa shape index (κ3) is 12.0. The van der Waals surface area contributed by atoms with E-state index in [1.807, 2.05) is 0 Å². The Morgan fingerprint density at radius 2 is 1.00 bits per heavy atom. The molecule has 0 saturated carbocycles. The summed E-state index contributed by atoms with van der Waals surface area (Å²) >= 11 is 0. The van der Waals surface area contributed by atoms with E-state index in [1.54, 1.807) is 0 Å². The number of unbranched alkanes of at least 4 members (excludes halogenated alkanes) is 5. The third-order valence-electron chi connectivity index (χ3n) is 1.46. The van der Waals surface area contributed by atoms with Gasteiger partial charge in [0.25, 0.3) is 0 Å². The molecule has 57 valence electrons. The standard InChI is InChI=1S/C8H18.Rh/c1-3-5-7-8-6-4-2;/h3-8H2,1-2H3;/q;+2. The predicted molar refractivity (Wildman–Crippen MR) is 39.0 cm³/mol.